The van der Waals surface area contributed by atoms with Crippen molar-refractivity contribution >= 4 is 11.6 Å². The molecule has 0 saturated heterocycles. The van der Waals surface area contributed by atoms with Crippen LogP contribution in [0.2, 0.25) is 0 Å². The van der Waals surface area contributed by atoms with Crippen molar-refractivity contribution in [3.8, 4) is 0 Å². The van der Waals surface area contributed by atoms with Crippen molar-refractivity contribution in [1.82, 2.24) is 0 Å². The van der Waals surface area contributed by atoms with E-state index < -0.39 is 0 Å². The molecule has 86 valence electrons. The highest BCUT2D eigenvalue weighted by Crippen LogP contribution is 2.16. The zero-order valence-electron chi connectivity index (χ0n) is 9.95. The van der Waals surface area contributed by atoms with Crippen molar-refractivity contribution in [2.24, 2.45) is 5.73 Å². The first-order valence-corrected chi connectivity index (χ1v) is 5.33. The Kier molecular flexibility index (Phi) is 4.11. The third-order valence-electron chi connectivity index (χ3n) is 2.20. The zero-order valence-corrected chi connectivity index (χ0v) is 9.95. The van der Waals surface area contributed by atoms with Gasteiger partial charge in [-0.1, -0.05) is 26.0 Å². The van der Waals surface area contributed by atoms with Crippen molar-refractivity contribution in [3.05, 3.63) is 41.6 Å². The number of carbonyl (C=O) groups excluding carboxylic acids is 1. The first-order chi connectivity index (χ1) is 7.49. The molecule has 3 nitrogen and oxygen atoms in total. The third-order valence-corrected chi connectivity index (χ3v) is 2.20. The van der Waals surface area contributed by atoms with E-state index in [9.17, 15) is 4.79 Å². The van der Waals surface area contributed by atoms with Crippen LogP contribution < -0.4 is 11.1 Å². The van der Waals surface area contributed by atoms with Crippen LogP contribution in [0.5, 0.6) is 0 Å². The number of benzene rings is 1. The van der Waals surface area contributed by atoms with Gasteiger partial charge >= 0.3 is 0 Å². The average Bonchev–Trinajstić information content (AvgIpc) is 2.16. The third kappa shape index (κ3) is 3.77. The molecule has 0 bridgehead atoms. The van der Waals surface area contributed by atoms with Crippen molar-refractivity contribution in [3.63, 3.8) is 0 Å². The zero-order chi connectivity index (χ0) is 12.1. The van der Waals surface area contributed by atoms with E-state index >= 15 is 0 Å². The van der Waals surface area contributed by atoms with Gasteiger partial charge in [-0.2, -0.15) is 0 Å². The molecule has 1 amide bonds. The smallest absolute Gasteiger partial charge is 0.250 e. The van der Waals surface area contributed by atoms with E-state index in [0.717, 1.165) is 5.69 Å². The van der Waals surface area contributed by atoms with Crippen LogP contribution in [0.4, 0.5) is 5.69 Å². The predicted molar refractivity (Wildman–Crippen MR) is 67.1 cm³/mol. The molecule has 1 rings (SSSR count). The van der Waals surface area contributed by atoms with Crippen molar-refractivity contribution < 1.29 is 4.79 Å². The maximum Gasteiger partial charge on any atom is 0.250 e. The molecule has 0 unspecified atom stereocenters. The van der Waals surface area contributed by atoms with E-state index in [1.165, 1.54) is 11.6 Å². The molecular weight excluding hydrogens is 200 g/mol. The molecule has 0 aromatic heterocycles. The Hall–Kier alpha value is -1.77. The monoisotopic (exact) mass is 218 g/mol. The number of amides is 1. The van der Waals surface area contributed by atoms with Crippen LogP contribution in [0.3, 0.4) is 0 Å². The van der Waals surface area contributed by atoms with Gasteiger partial charge in [0.1, 0.15) is 0 Å². The molecule has 0 spiro atoms. The van der Waals surface area contributed by atoms with Crippen LogP contribution in [0, 0.1) is 0 Å². The second-order valence-corrected chi connectivity index (χ2v) is 4.15. The molecule has 3 N–H and O–H groups in total. The van der Waals surface area contributed by atoms with Crippen LogP contribution in [-0.2, 0) is 4.79 Å². The van der Waals surface area contributed by atoms with Gasteiger partial charge in [0.2, 0.25) is 5.91 Å². The minimum atomic E-state index is -0.197. The van der Waals surface area contributed by atoms with Gasteiger partial charge in [-0.15, -0.1) is 0 Å². The summed E-state index contributed by atoms with van der Waals surface area (Å²) in [6.07, 6.45) is 1.37. The Morgan fingerprint density at radius 3 is 2.31 bits per heavy atom. The summed E-state index contributed by atoms with van der Waals surface area (Å²) in [7, 11) is 0. The van der Waals surface area contributed by atoms with Crippen molar-refractivity contribution in [2.75, 3.05) is 5.32 Å². The maximum atomic E-state index is 11.4. The highest BCUT2D eigenvalue weighted by molar-refractivity contribution is 5.99. The number of allylic oxidation sites excluding steroid dienone is 1. The largest absolute Gasteiger partial charge is 0.402 e. The molecule has 0 fully saturated rings. The van der Waals surface area contributed by atoms with Gasteiger partial charge in [0.15, 0.2) is 0 Å². The number of anilines is 1. The normalized spacial score (nSPS) is 11.6. The highest BCUT2D eigenvalue weighted by Gasteiger charge is 2.01. The molecule has 3 heteroatoms. The fourth-order valence-electron chi connectivity index (χ4n) is 1.34. The van der Waals surface area contributed by atoms with E-state index in [0.29, 0.717) is 11.6 Å². The van der Waals surface area contributed by atoms with Gasteiger partial charge in [0, 0.05) is 17.5 Å². The second kappa shape index (κ2) is 5.35. The van der Waals surface area contributed by atoms with E-state index in [4.69, 9.17) is 5.73 Å². The molecule has 0 radical (unpaired) electrons. The Bertz CT molecular complexity index is 387. The summed E-state index contributed by atoms with van der Waals surface area (Å²) in [5.41, 5.74) is 7.95. The lowest BCUT2D eigenvalue weighted by molar-refractivity contribution is -0.111. The Balaban J connectivity index is 2.69. The van der Waals surface area contributed by atoms with Crippen molar-refractivity contribution in [2.45, 2.75) is 26.7 Å². The highest BCUT2D eigenvalue weighted by atomic mass is 16.1. The molecule has 1 aromatic carbocycles. The first kappa shape index (κ1) is 12.3. The summed E-state index contributed by atoms with van der Waals surface area (Å²) in [4.78, 5) is 11.4. The topological polar surface area (TPSA) is 55.1 Å². The number of hydrogen-bond acceptors (Lipinski definition) is 2. The van der Waals surface area contributed by atoms with Crippen LogP contribution in [0.1, 0.15) is 32.3 Å². The molecule has 0 aliphatic heterocycles. The number of nitrogens with two attached hydrogens (primary N) is 1. The lowest BCUT2D eigenvalue weighted by Gasteiger charge is -2.07. The standard InChI is InChI=1S/C13H18N2O/c1-9(2)11-4-6-12(7-5-11)15-13(16)8-10(3)14/h4-9H,14H2,1-3H3,(H,15,16)/b10-8-. The van der Waals surface area contributed by atoms with Crippen LogP contribution in [-0.4, -0.2) is 5.91 Å². The number of hydrogen-bond donors (Lipinski definition) is 2. The van der Waals surface area contributed by atoms with Crippen LogP contribution in [0.25, 0.3) is 0 Å². The summed E-state index contributed by atoms with van der Waals surface area (Å²) >= 11 is 0. The Labute approximate surface area is 96.3 Å². The van der Waals surface area contributed by atoms with Gasteiger partial charge in [0.25, 0.3) is 0 Å². The summed E-state index contributed by atoms with van der Waals surface area (Å²) in [5, 5.41) is 2.74. The van der Waals surface area contributed by atoms with E-state index in [1.54, 1.807) is 6.92 Å². The molecule has 0 saturated carbocycles. The van der Waals surface area contributed by atoms with Gasteiger partial charge in [0.05, 0.1) is 0 Å². The molecule has 0 aliphatic carbocycles. The SMILES string of the molecule is C/C(N)=C/C(=O)Nc1ccc(C(C)C)cc1. The van der Waals surface area contributed by atoms with E-state index in [2.05, 4.69) is 19.2 Å². The fourth-order valence-corrected chi connectivity index (χ4v) is 1.34. The van der Waals surface area contributed by atoms with E-state index in [1.807, 2.05) is 24.3 Å². The minimum Gasteiger partial charge on any atom is -0.402 e. The van der Waals surface area contributed by atoms with Gasteiger partial charge in [-0.3, -0.25) is 4.79 Å². The summed E-state index contributed by atoms with van der Waals surface area (Å²) in [6.45, 7) is 5.95. The number of nitrogens with one attached hydrogen (secondary N) is 1. The predicted octanol–water partition coefficient (Wildman–Crippen LogP) is 2.61. The lowest BCUT2D eigenvalue weighted by atomic mass is 10.0. The quantitative estimate of drug-likeness (QED) is 0.766. The van der Waals surface area contributed by atoms with E-state index in [-0.39, 0.29) is 5.91 Å². The Morgan fingerprint density at radius 1 is 1.31 bits per heavy atom. The second-order valence-electron chi connectivity index (χ2n) is 4.15. The minimum absolute atomic E-state index is 0.197. The maximum absolute atomic E-state index is 11.4. The molecule has 0 atom stereocenters. The van der Waals surface area contributed by atoms with Gasteiger partial charge in [-0.05, 0) is 30.5 Å². The molecular formula is C13H18N2O. The summed E-state index contributed by atoms with van der Waals surface area (Å²) < 4.78 is 0. The van der Waals surface area contributed by atoms with Gasteiger partial charge in [-0.25, -0.2) is 0 Å². The summed E-state index contributed by atoms with van der Waals surface area (Å²) in [6, 6.07) is 7.82. The molecule has 16 heavy (non-hydrogen) atoms. The summed E-state index contributed by atoms with van der Waals surface area (Å²) in [5.74, 6) is 0.299. The molecule has 0 aliphatic rings. The number of rotatable bonds is 3. The molecule has 1 aromatic rings. The fraction of sp³-hybridized carbons (Fsp3) is 0.308. The average molecular weight is 218 g/mol. The van der Waals surface area contributed by atoms with Crippen molar-refractivity contribution in [1.29, 1.82) is 0 Å². The van der Waals surface area contributed by atoms with Crippen LogP contribution in [0.15, 0.2) is 36.0 Å². The van der Waals surface area contributed by atoms with Gasteiger partial charge < -0.3 is 11.1 Å². The Morgan fingerprint density at radius 2 is 1.88 bits per heavy atom. The number of carbonyl (C=O) groups is 1. The first-order valence-electron chi connectivity index (χ1n) is 5.33. The molecule has 0 heterocycles. The lowest BCUT2D eigenvalue weighted by Crippen LogP contribution is -2.10. The van der Waals surface area contributed by atoms with Crippen LogP contribution >= 0.6 is 0 Å².